The highest BCUT2D eigenvalue weighted by atomic mass is 32.1. The van der Waals surface area contributed by atoms with Gasteiger partial charge in [0.25, 0.3) is 0 Å². The Balaban J connectivity index is 1.56. The van der Waals surface area contributed by atoms with Crippen molar-refractivity contribution in [2.45, 2.75) is 58.6 Å². The van der Waals surface area contributed by atoms with Crippen molar-refractivity contribution in [1.82, 2.24) is 20.5 Å². The summed E-state index contributed by atoms with van der Waals surface area (Å²) in [5.74, 6) is -1.96. The molecule has 0 saturated carbocycles. The molecule has 1 fully saturated rings. The van der Waals surface area contributed by atoms with Gasteiger partial charge in [0.1, 0.15) is 24.8 Å². The van der Waals surface area contributed by atoms with Crippen LogP contribution in [0.3, 0.4) is 0 Å². The van der Waals surface area contributed by atoms with E-state index in [1.807, 2.05) is 31.2 Å². The fourth-order valence-corrected chi connectivity index (χ4v) is 5.47. The quantitative estimate of drug-likeness (QED) is 0.198. The van der Waals surface area contributed by atoms with Gasteiger partial charge in [-0.05, 0) is 23.5 Å². The van der Waals surface area contributed by atoms with Crippen LogP contribution < -0.4 is 16.4 Å². The summed E-state index contributed by atoms with van der Waals surface area (Å²) in [7, 11) is 0. The van der Waals surface area contributed by atoms with Crippen LogP contribution in [0.1, 0.15) is 32.0 Å². The van der Waals surface area contributed by atoms with E-state index >= 15 is 4.39 Å². The minimum Gasteiger partial charge on any atom is -0.388 e. The Hall–Kier alpha value is -3.01. The number of rotatable bonds is 16. The average molecular weight is 638 g/mol. The van der Waals surface area contributed by atoms with Crippen molar-refractivity contribution >= 4 is 29.1 Å². The van der Waals surface area contributed by atoms with Gasteiger partial charge in [-0.15, -0.1) is 11.3 Å². The maximum atomic E-state index is 15.2. The van der Waals surface area contributed by atoms with Crippen LogP contribution in [0.2, 0.25) is 0 Å². The van der Waals surface area contributed by atoms with Crippen molar-refractivity contribution in [3.63, 3.8) is 0 Å². The second-order valence-electron chi connectivity index (χ2n) is 11.6. The van der Waals surface area contributed by atoms with Crippen molar-refractivity contribution in [3.05, 3.63) is 41.0 Å². The molecule has 0 bridgehead atoms. The van der Waals surface area contributed by atoms with Crippen molar-refractivity contribution < 1.29 is 38.1 Å². The molecular formula is C30H44FN5O7S. The van der Waals surface area contributed by atoms with Crippen LogP contribution in [0.5, 0.6) is 0 Å². The number of carbonyl (C=O) groups is 3. The largest absolute Gasteiger partial charge is 0.388 e. The standard InChI is InChI=1S/C30H44FN5O7S/c1-19-26(44-18-34-19)21-7-5-20(6-8-21)15-33-28(39)25-24(31)22(37)16-36(25)29(40)27(30(2,3)4)35-23(38)17-43-14-13-42-12-11-41-10-9-32/h5-8,18,22,24-25,27,37H,9-17,32H2,1-4H3,(H,33,39)(H,35,38). The van der Waals surface area contributed by atoms with Gasteiger partial charge >= 0.3 is 0 Å². The number of alkyl halides is 1. The first kappa shape index (κ1) is 35.5. The number of nitrogens with two attached hydrogens (primary N) is 1. The molecule has 244 valence electrons. The Kier molecular flexibility index (Phi) is 13.6. The number of aliphatic hydroxyl groups is 1. The fraction of sp³-hybridized carbons (Fsp3) is 0.600. The first-order valence-electron chi connectivity index (χ1n) is 14.6. The first-order valence-corrected chi connectivity index (χ1v) is 15.4. The smallest absolute Gasteiger partial charge is 0.246 e. The van der Waals surface area contributed by atoms with E-state index in [0.717, 1.165) is 26.6 Å². The summed E-state index contributed by atoms with van der Waals surface area (Å²) < 4.78 is 31.1. The number of nitrogens with one attached hydrogen (secondary N) is 2. The molecular weight excluding hydrogens is 593 g/mol. The van der Waals surface area contributed by atoms with Gasteiger partial charge in [0, 0.05) is 13.1 Å². The van der Waals surface area contributed by atoms with Gasteiger partial charge in [-0.1, -0.05) is 45.0 Å². The van der Waals surface area contributed by atoms with Crippen LogP contribution in [-0.2, 0) is 35.1 Å². The van der Waals surface area contributed by atoms with Gasteiger partial charge in [0.15, 0.2) is 6.17 Å². The number of amides is 3. The molecule has 2 heterocycles. The lowest BCUT2D eigenvalue weighted by Gasteiger charge is -2.35. The lowest BCUT2D eigenvalue weighted by Crippen LogP contribution is -2.59. The predicted octanol–water partition coefficient (Wildman–Crippen LogP) is 1.18. The molecule has 4 atom stereocenters. The third-order valence-corrected chi connectivity index (χ3v) is 8.00. The molecule has 3 amide bonds. The Morgan fingerprint density at radius 3 is 2.34 bits per heavy atom. The van der Waals surface area contributed by atoms with Crippen molar-refractivity contribution in [1.29, 1.82) is 0 Å². The molecule has 1 aromatic carbocycles. The van der Waals surface area contributed by atoms with Crippen LogP contribution in [-0.4, -0.2) is 110 Å². The zero-order valence-corrected chi connectivity index (χ0v) is 26.5. The van der Waals surface area contributed by atoms with E-state index in [1.165, 1.54) is 11.3 Å². The number of aromatic nitrogens is 1. The molecule has 44 heavy (non-hydrogen) atoms. The summed E-state index contributed by atoms with van der Waals surface area (Å²) in [5.41, 5.74) is 9.03. The van der Waals surface area contributed by atoms with Gasteiger partial charge in [0.2, 0.25) is 17.7 Å². The lowest BCUT2D eigenvalue weighted by atomic mass is 9.85. The molecule has 0 aliphatic carbocycles. The predicted molar refractivity (Wildman–Crippen MR) is 163 cm³/mol. The van der Waals surface area contributed by atoms with Crippen LogP contribution in [0, 0.1) is 12.3 Å². The molecule has 2 aromatic rings. The summed E-state index contributed by atoms with van der Waals surface area (Å²) in [6.07, 6.45) is -3.53. The average Bonchev–Trinajstić information content (AvgIpc) is 3.55. The minimum atomic E-state index is -1.99. The Bertz CT molecular complexity index is 1220. The van der Waals surface area contributed by atoms with Gasteiger partial charge in [-0.25, -0.2) is 9.37 Å². The van der Waals surface area contributed by atoms with Gasteiger partial charge in [-0.2, -0.15) is 0 Å². The van der Waals surface area contributed by atoms with E-state index < -0.39 is 47.5 Å². The molecule has 1 aliphatic rings. The Morgan fingerprint density at radius 1 is 1.11 bits per heavy atom. The zero-order valence-electron chi connectivity index (χ0n) is 25.7. The number of halogens is 1. The number of carbonyl (C=O) groups excluding carboxylic acids is 3. The number of nitrogens with zero attached hydrogens (tertiary/aromatic N) is 2. The molecule has 0 spiro atoms. The SMILES string of the molecule is Cc1ncsc1-c1ccc(CNC(=O)C2C(F)C(O)CN2C(=O)C(NC(=O)COCCOCCOCCN)C(C)(C)C)cc1. The third-order valence-electron chi connectivity index (χ3n) is 7.03. The van der Waals surface area contributed by atoms with Crippen LogP contribution >= 0.6 is 11.3 Å². The third kappa shape index (κ3) is 10.0. The van der Waals surface area contributed by atoms with Gasteiger partial charge < -0.3 is 40.6 Å². The summed E-state index contributed by atoms with van der Waals surface area (Å²) in [6.45, 7) is 8.58. The second kappa shape index (κ2) is 16.9. The highest BCUT2D eigenvalue weighted by molar-refractivity contribution is 7.13. The molecule has 14 heteroatoms. The van der Waals surface area contributed by atoms with E-state index in [1.54, 1.807) is 26.3 Å². The molecule has 1 aliphatic heterocycles. The molecule has 12 nitrogen and oxygen atoms in total. The molecule has 5 N–H and O–H groups in total. The Labute approximate surface area is 261 Å². The number of aliphatic hydroxyl groups excluding tert-OH is 1. The van der Waals surface area contributed by atoms with Gasteiger partial charge in [-0.3, -0.25) is 14.4 Å². The summed E-state index contributed by atoms with van der Waals surface area (Å²) in [6, 6.07) is 4.88. The highest BCUT2D eigenvalue weighted by Crippen LogP contribution is 2.29. The number of likely N-dealkylation sites (tertiary alicyclic amines) is 1. The number of thiazole rings is 1. The molecule has 3 rings (SSSR count). The summed E-state index contributed by atoms with van der Waals surface area (Å²) in [5, 5.41) is 15.6. The molecule has 4 unspecified atom stereocenters. The number of hydrogen-bond acceptors (Lipinski definition) is 10. The van der Waals surface area contributed by atoms with E-state index in [-0.39, 0.29) is 32.9 Å². The fourth-order valence-electron chi connectivity index (χ4n) is 4.66. The monoisotopic (exact) mass is 637 g/mol. The summed E-state index contributed by atoms with van der Waals surface area (Å²) >= 11 is 1.53. The number of ether oxygens (including phenoxy) is 3. The maximum absolute atomic E-state index is 15.2. The first-order chi connectivity index (χ1) is 20.9. The number of aryl methyl sites for hydroxylation is 1. The zero-order chi connectivity index (χ0) is 32.3. The van der Waals surface area contributed by atoms with Crippen LogP contribution in [0.15, 0.2) is 29.8 Å². The van der Waals surface area contributed by atoms with E-state index in [4.69, 9.17) is 19.9 Å². The molecule has 0 radical (unpaired) electrons. The summed E-state index contributed by atoms with van der Waals surface area (Å²) in [4.78, 5) is 45.9. The van der Waals surface area contributed by atoms with E-state index in [0.29, 0.717) is 26.4 Å². The number of β-amino-alcohol motifs (C(OH)–C–C–N with tert-alkyl or cyclic N) is 1. The van der Waals surface area contributed by atoms with Gasteiger partial charge in [0.05, 0.1) is 55.7 Å². The normalized spacial score (nSPS) is 19.2. The topological polar surface area (TPSA) is 165 Å². The van der Waals surface area contributed by atoms with Crippen LogP contribution in [0.4, 0.5) is 4.39 Å². The van der Waals surface area contributed by atoms with Crippen molar-refractivity contribution in [2.24, 2.45) is 11.1 Å². The van der Waals surface area contributed by atoms with E-state index in [9.17, 15) is 19.5 Å². The number of benzene rings is 1. The van der Waals surface area contributed by atoms with Crippen molar-refractivity contribution in [2.75, 3.05) is 52.7 Å². The van der Waals surface area contributed by atoms with Crippen molar-refractivity contribution in [3.8, 4) is 10.4 Å². The molecule has 1 aromatic heterocycles. The van der Waals surface area contributed by atoms with E-state index in [2.05, 4.69) is 15.6 Å². The molecule has 1 saturated heterocycles. The lowest BCUT2D eigenvalue weighted by molar-refractivity contribution is -0.145. The van der Waals surface area contributed by atoms with Crippen LogP contribution in [0.25, 0.3) is 10.4 Å². The second-order valence-corrected chi connectivity index (χ2v) is 12.4. The minimum absolute atomic E-state index is 0.101. The Morgan fingerprint density at radius 2 is 1.75 bits per heavy atom. The highest BCUT2D eigenvalue weighted by Gasteiger charge is 2.50. The maximum Gasteiger partial charge on any atom is 0.246 e. The number of hydrogen-bond donors (Lipinski definition) is 4.